The quantitative estimate of drug-likeness (QED) is 0.350. The van der Waals surface area contributed by atoms with E-state index in [1.807, 2.05) is 14.0 Å². The Kier molecular flexibility index (Phi) is 11.0. The van der Waals surface area contributed by atoms with E-state index in [1.54, 1.807) is 7.11 Å². The van der Waals surface area contributed by atoms with Gasteiger partial charge in [-0.1, -0.05) is 26.0 Å². The number of ether oxygens (including phenoxy) is 2. The van der Waals surface area contributed by atoms with Gasteiger partial charge in [0.2, 0.25) is 0 Å². The van der Waals surface area contributed by atoms with Gasteiger partial charge < -0.3 is 20.1 Å². The van der Waals surface area contributed by atoms with E-state index in [2.05, 4.69) is 52.6 Å². The SMILES string of the molecule is CN=C(NCc1ccc(C)c(OC)c1)NCC(C(C)C)N1CCOCC1.I. The largest absolute Gasteiger partial charge is 0.496 e. The molecule has 0 saturated carbocycles. The van der Waals surface area contributed by atoms with E-state index in [9.17, 15) is 0 Å². The summed E-state index contributed by atoms with van der Waals surface area (Å²) in [6.07, 6.45) is 0. The van der Waals surface area contributed by atoms with Crippen molar-refractivity contribution >= 4 is 29.9 Å². The highest BCUT2D eigenvalue weighted by molar-refractivity contribution is 14.0. The lowest BCUT2D eigenvalue weighted by atomic mass is 10.0. The van der Waals surface area contributed by atoms with Gasteiger partial charge >= 0.3 is 0 Å². The maximum absolute atomic E-state index is 5.48. The van der Waals surface area contributed by atoms with Crippen LogP contribution in [-0.4, -0.2) is 63.9 Å². The van der Waals surface area contributed by atoms with Crippen molar-refractivity contribution in [1.82, 2.24) is 15.5 Å². The molecule has 0 radical (unpaired) electrons. The van der Waals surface area contributed by atoms with Crippen LogP contribution in [0, 0.1) is 12.8 Å². The van der Waals surface area contributed by atoms with Crippen molar-refractivity contribution in [2.45, 2.75) is 33.4 Å². The van der Waals surface area contributed by atoms with Gasteiger partial charge in [0.1, 0.15) is 5.75 Å². The van der Waals surface area contributed by atoms with Crippen molar-refractivity contribution in [2.75, 3.05) is 47.0 Å². The van der Waals surface area contributed by atoms with E-state index in [4.69, 9.17) is 9.47 Å². The van der Waals surface area contributed by atoms with Crippen LogP contribution in [-0.2, 0) is 11.3 Å². The maximum Gasteiger partial charge on any atom is 0.191 e. The molecule has 1 saturated heterocycles. The zero-order chi connectivity index (χ0) is 18.9. The molecule has 0 aliphatic carbocycles. The van der Waals surface area contributed by atoms with Crippen molar-refractivity contribution in [2.24, 2.45) is 10.9 Å². The second-order valence-corrected chi connectivity index (χ2v) is 7.07. The summed E-state index contributed by atoms with van der Waals surface area (Å²) in [5, 5.41) is 6.88. The van der Waals surface area contributed by atoms with Gasteiger partial charge in [-0.15, -0.1) is 24.0 Å². The van der Waals surface area contributed by atoms with Gasteiger partial charge in [0.15, 0.2) is 5.96 Å². The fraction of sp³-hybridized carbons (Fsp3) is 0.650. The van der Waals surface area contributed by atoms with Crippen LogP contribution in [0.3, 0.4) is 0 Å². The smallest absolute Gasteiger partial charge is 0.191 e. The van der Waals surface area contributed by atoms with Crippen LogP contribution < -0.4 is 15.4 Å². The molecule has 1 aromatic carbocycles. The van der Waals surface area contributed by atoms with Gasteiger partial charge in [-0.05, 0) is 30.0 Å². The minimum Gasteiger partial charge on any atom is -0.496 e. The first-order chi connectivity index (χ1) is 12.5. The number of guanidine groups is 1. The molecule has 0 amide bonds. The number of methoxy groups -OCH3 is 1. The molecular weight excluding hydrogens is 455 g/mol. The van der Waals surface area contributed by atoms with Crippen LogP contribution in [0.25, 0.3) is 0 Å². The number of benzene rings is 1. The molecule has 1 aromatic rings. The molecule has 154 valence electrons. The van der Waals surface area contributed by atoms with Crippen molar-refractivity contribution < 1.29 is 9.47 Å². The molecule has 27 heavy (non-hydrogen) atoms. The van der Waals surface area contributed by atoms with Crippen LogP contribution in [0.4, 0.5) is 0 Å². The van der Waals surface area contributed by atoms with E-state index in [0.717, 1.165) is 50.1 Å². The first-order valence-corrected chi connectivity index (χ1v) is 9.45. The number of rotatable bonds is 7. The third kappa shape index (κ3) is 7.46. The van der Waals surface area contributed by atoms with E-state index < -0.39 is 0 Å². The molecule has 0 aromatic heterocycles. The van der Waals surface area contributed by atoms with Crippen LogP contribution >= 0.6 is 24.0 Å². The number of aryl methyl sites for hydroxylation is 1. The molecule has 0 bridgehead atoms. The Balaban J connectivity index is 0.00000364. The zero-order valence-corrected chi connectivity index (χ0v) is 19.6. The van der Waals surface area contributed by atoms with E-state index in [0.29, 0.717) is 18.5 Å². The maximum atomic E-state index is 5.48. The summed E-state index contributed by atoms with van der Waals surface area (Å²) < 4.78 is 10.9. The number of halogens is 1. The van der Waals surface area contributed by atoms with Gasteiger partial charge in [-0.2, -0.15) is 0 Å². The third-order valence-corrected chi connectivity index (χ3v) is 4.92. The Morgan fingerprint density at radius 2 is 1.96 bits per heavy atom. The Morgan fingerprint density at radius 1 is 1.26 bits per heavy atom. The molecule has 0 spiro atoms. The van der Waals surface area contributed by atoms with Crippen LogP contribution in [0.1, 0.15) is 25.0 Å². The predicted molar refractivity (Wildman–Crippen MR) is 122 cm³/mol. The Labute approximate surface area is 181 Å². The van der Waals surface area contributed by atoms with Gasteiger partial charge in [0.05, 0.1) is 20.3 Å². The number of nitrogens with zero attached hydrogens (tertiary/aromatic N) is 2. The number of morpholine rings is 1. The molecule has 1 fully saturated rings. The van der Waals surface area contributed by atoms with Crippen molar-refractivity contribution in [3.63, 3.8) is 0 Å². The molecule has 6 nitrogen and oxygen atoms in total. The average Bonchev–Trinajstić information content (AvgIpc) is 2.66. The van der Waals surface area contributed by atoms with Gasteiger partial charge in [0.25, 0.3) is 0 Å². The highest BCUT2D eigenvalue weighted by Crippen LogP contribution is 2.18. The lowest BCUT2D eigenvalue weighted by Crippen LogP contribution is -2.52. The molecule has 2 rings (SSSR count). The Morgan fingerprint density at radius 3 is 2.56 bits per heavy atom. The summed E-state index contributed by atoms with van der Waals surface area (Å²) in [4.78, 5) is 6.87. The molecular formula is C20H35IN4O2. The minimum atomic E-state index is 0. The van der Waals surface area contributed by atoms with Crippen LogP contribution in [0.2, 0.25) is 0 Å². The Hall–Kier alpha value is -1.06. The number of aliphatic imine (C=N–C) groups is 1. The number of nitrogens with one attached hydrogen (secondary N) is 2. The highest BCUT2D eigenvalue weighted by atomic mass is 127. The minimum absolute atomic E-state index is 0. The van der Waals surface area contributed by atoms with Crippen molar-refractivity contribution in [3.05, 3.63) is 29.3 Å². The zero-order valence-electron chi connectivity index (χ0n) is 17.2. The Bertz CT molecular complexity index is 589. The second-order valence-electron chi connectivity index (χ2n) is 7.07. The lowest BCUT2D eigenvalue weighted by Gasteiger charge is -2.37. The molecule has 2 N–H and O–H groups in total. The van der Waals surface area contributed by atoms with Gasteiger partial charge in [0, 0.05) is 39.3 Å². The highest BCUT2D eigenvalue weighted by Gasteiger charge is 2.23. The fourth-order valence-electron chi connectivity index (χ4n) is 3.28. The molecule has 1 atom stereocenters. The third-order valence-electron chi connectivity index (χ3n) is 4.92. The molecule has 1 heterocycles. The standard InChI is InChI=1S/C20H34N4O2.HI/c1-15(2)18(24-8-10-26-11-9-24)14-23-20(21-4)22-13-17-7-6-16(3)19(12-17)25-5;/h6-7,12,15,18H,8-11,13-14H2,1-5H3,(H2,21,22,23);1H. The average molecular weight is 490 g/mol. The fourth-order valence-corrected chi connectivity index (χ4v) is 3.28. The summed E-state index contributed by atoms with van der Waals surface area (Å²) in [7, 11) is 3.52. The lowest BCUT2D eigenvalue weighted by molar-refractivity contribution is 0.00752. The normalized spacial score (nSPS) is 16.6. The predicted octanol–water partition coefficient (Wildman–Crippen LogP) is 2.64. The summed E-state index contributed by atoms with van der Waals surface area (Å²) >= 11 is 0. The second kappa shape index (κ2) is 12.4. The molecule has 1 aliphatic heterocycles. The summed E-state index contributed by atoms with van der Waals surface area (Å²) in [5.41, 5.74) is 2.31. The van der Waals surface area contributed by atoms with Crippen LogP contribution in [0.5, 0.6) is 5.75 Å². The number of hydrogen-bond donors (Lipinski definition) is 2. The van der Waals surface area contributed by atoms with E-state index >= 15 is 0 Å². The first kappa shape index (κ1) is 24.0. The monoisotopic (exact) mass is 490 g/mol. The summed E-state index contributed by atoms with van der Waals surface area (Å²) in [6.45, 7) is 11.8. The topological polar surface area (TPSA) is 58.1 Å². The first-order valence-electron chi connectivity index (χ1n) is 9.45. The van der Waals surface area contributed by atoms with Crippen molar-refractivity contribution in [1.29, 1.82) is 0 Å². The summed E-state index contributed by atoms with van der Waals surface area (Å²) in [6, 6.07) is 6.74. The van der Waals surface area contributed by atoms with E-state index in [1.165, 1.54) is 5.56 Å². The van der Waals surface area contributed by atoms with Crippen LogP contribution in [0.15, 0.2) is 23.2 Å². The van der Waals surface area contributed by atoms with Crippen molar-refractivity contribution in [3.8, 4) is 5.75 Å². The van der Waals surface area contributed by atoms with E-state index in [-0.39, 0.29) is 24.0 Å². The molecule has 1 unspecified atom stereocenters. The molecule has 7 heteroatoms. The number of hydrogen-bond acceptors (Lipinski definition) is 4. The van der Waals surface area contributed by atoms with Gasteiger partial charge in [-0.3, -0.25) is 9.89 Å². The molecule has 1 aliphatic rings. The summed E-state index contributed by atoms with van der Waals surface area (Å²) in [5.74, 6) is 2.31. The van der Waals surface area contributed by atoms with Gasteiger partial charge in [-0.25, -0.2) is 0 Å².